The summed E-state index contributed by atoms with van der Waals surface area (Å²) in [5.41, 5.74) is 2.01. The smallest absolute Gasteiger partial charge is 0.261 e. The number of hydrogen-bond donors (Lipinski definition) is 0. The highest BCUT2D eigenvalue weighted by Crippen LogP contribution is 2.26. The maximum Gasteiger partial charge on any atom is 0.261 e. The Hall–Kier alpha value is -1.72. The standard InChI is InChI=1S/C18H23N3O2/c1-2-13-5-6-15-14(9-13)18(22)21(12-19-15)17-11-23-10-16(17)20-7-3-4-8-20/h5-6,9,12,16-17H,2-4,7-8,10-11H2,1H3/t16-,17-/m0/s1. The Kier molecular flexibility index (Phi) is 3.91. The molecule has 5 heteroatoms. The number of likely N-dealkylation sites (tertiary alicyclic amines) is 1. The summed E-state index contributed by atoms with van der Waals surface area (Å²) < 4.78 is 7.52. The third-order valence-corrected chi connectivity index (χ3v) is 5.24. The Morgan fingerprint density at radius 2 is 2.00 bits per heavy atom. The van der Waals surface area contributed by atoms with E-state index in [0.717, 1.165) is 30.4 Å². The van der Waals surface area contributed by atoms with Crippen LogP contribution in [0.15, 0.2) is 29.3 Å². The first-order chi connectivity index (χ1) is 11.3. The van der Waals surface area contributed by atoms with Crippen LogP contribution in [0, 0.1) is 0 Å². The molecular weight excluding hydrogens is 290 g/mol. The third-order valence-electron chi connectivity index (χ3n) is 5.24. The van der Waals surface area contributed by atoms with Crippen LogP contribution < -0.4 is 5.56 Å². The summed E-state index contributed by atoms with van der Waals surface area (Å²) in [5, 5.41) is 0.721. The Labute approximate surface area is 135 Å². The molecule has 0 spiro atoms. The largest absolute Gasteiger partial charge is 0.378 e. The highest BCUT2D eigenvalue weighted by molar-refractivity contribution is 5.78. The molecule has 23 heavy (non-hydrogen) atoms. The molecule has 0 amide bonds. The fraction of sp³-hybridized carbons (Fsp3) is 0.556. The number of benzene rings is 1. The zero-order chi connectivity index (χ0) is 15.8. The van der Waals surface area contributed by atoms with E-state index in [0.29, 0.717) is 19.3 Å². The summed E-state index contributed by atoms with van der Waals surface area (Å²) in [6.45, 7) is 5.64. The minimum absolute atomic E-state index is 0.0602. The van der Waals surface area contributed by atoms with Crippen LogP contribution in [-0.2, 0) is 11.2 Å². The molecule has 2 aliphatic rings. The molecule has 2 atom stereocenters. The lowest BCUT2D eigenvalue weighted by Gasteiger charge is -2.28. The molecule has 1 aromatic carbocycles. The van der Waals surface area contributed by atoms with E-state index in [1.54, 1.807) is 10.9 Å². The van der Waals surface area contributed by atoms with Gasteiger partial charge in [0.25, 0.3) is 5.56 Å². The first-order valence-corrected chi connectivity index (χ1v) is 8.59. The Morgan fingerprint density at radius 3 is 2.78 bits per heavy atom. The third kappa shape index (κ3) is 2.58. The molecule has 0 unspecified atom stereocenters. The van der Waals surface area contributed by atoms with E-state index in [2.05, 4.69) is 16.8 Å². The molecule has 2 aromatic rings. The molecule has 0 radical (unpaired) electrons. The van der Waals surface area contributed by atoms with Crippen molar-refractivity contribution < 1.29 is 4.74 Å². The predicted octanol–water partition coefficient (Wildman–Crippen LogP) is 1.99. The van der Waals surface area contributed by atoms with Gasteiger partial charge in [-0.05, 0) is 50.0 Å². The minimum atomic E-state index is 0.0602. The van der Waals surface area contributed by atoms with E-state index in [-0.39, 0.29) is 11.6 Å². The number of rotatable bonds is 3. The fourth-order valence-electron chi connectivity index (χ4n) is 3.86. The molecule has 1 aromatic heterocycles. The average molecular weight is 313 g/mol. The second kappa shape index (κ2) is 6.06. The van der Waals surface area contributed by atoms with E-state index in [9.17, 15) is 4.79 Å². The zero-order valence-electron chi connectivity index (χ0n) is 13.6. The number of hydrogen-bond acceptors (Lipinski definition) is 4. The van der Waals surface area contributed by atoms with Crippen LogP contribution in [0.2, 0.25) is 0 Å². The summed E-state index contributed by atoms with van der Waals surface area (Å²) in [4.78, 5) is 20.0. The second-order valence-corrected chi connectivity index (χ2v) is 6.58. The van der Waals surface area contributed by atoms with Gasteiger partial charge in [-0.3, -0.25) is 14.3 Å². The molecule has 3 heterocycles. The highest BCUT2D eigenvalue weighted by atomic mass is 16.5. The van der Waals surface area contributed by atoms with Crippen molar-refractivity contribution in [1.29, 1.82) is 0 Å². The summed E-state index contributed by atoms with van der Waals surface area (Å²) in [6.07, 6.45) is 5.12. The first kappa shape index (κ1) is 14.8. The van der Waals surface area contributed by atoms with Gasteiger partial charge in [-0.1, -0.05) is 13.0 Å². The van der Waals surface area contributed by atoms with Gasteiger partial charge in [0.1, 0.15) is 0 Å². The molecular formula is C18H23N3O2. The minimum Gasteiger partial charge on any atom is -0.378 e. The van der Waals surface area contributed by atoms with Crippen molar-refractivity contribution in [2.24, 2.45) is 0 Å². The van der Waals surface area contributed by atoms with Gasteiger partial charge >= 0.3 is 0 Å². The van der Waals surface area contributed by atoms with Gasteiger partial charge < -0.3 is 4.74 Å². The molecule has 0 aliphatic carbocycles. The van der Waals surface area contributed by atoms with Crippen molar-refractivity contribution in [1.82, 2.24) is 14.5 Å². The predicted molar refractivity (Wildman–Crippen MR) is 89.8 cm³/mol. The number of aryl methyl sites for hydroxylation is 1. The number of nitrogens with zero attached hydrogens (tertiary/aromatic N) is 3. The Bertz CT molecular complexity index is 764. The summed E-state index contributed by atoms with van der Waals surface area (Å²) >= 11 is 0. The SMILES string of the molecule is CCc1ccc2ncn([C@H]3COC[C@@H]3N3CCCC3)c(=O)c2c1. The van der Waals surface area contributed by atoms with Crippen molar-refractivity contribution in [3.8, 4) is 0 Å². The van der Waals surface area contributed by atoms with Gasteiger partial charge in [0.2, 0.25) is 0 Å². The van der Waals surface area contributed by atoms with Gasteiger partial charge in [-0.2, -0.15) is 0 Å². The number of fused-ring (bicyclic) bond motifs is 1. The first-order valence-electron chi connectivity index (χ1n) is 8.59. The van der Waals surface area contributed by atoms with E-state index in [4.69, 9.17) is 4.74 Å². The number of aromatic nitrogens is 2. The van der Waals surface area contributed by atoms with E-state index < -0.39 is 0 Å². The van der Waals surface area contributed by atoms with Crippen molar-refractivity contribution >= 4 is 10.9 Å². The molecule has 2 saturated heterocycles. The lowest BCUT2D eigenvalue weighted by Crippen LogP contribution is -2.42. The van der Waals surface area contributed by atoms with Crippen molar-refractivity contribution in [2.75, 3.05) is 26.3 Å². The molecule has 5 nitrogen and oxygen atoms in total. The lowest BCUT2D eigenvalue weighted by atomic mass is 10.1. The zero-order valence-corrected chi connectivity index (χ0v) is 13.6. The molecule has 122 valence electrons. The van der Waals surface area contributed by atoms with Crippen LogP contribution in [0.3, 0.4) is 0 Å². The molecule has 2 aliphatic heterocycles. The van der Waals surface area contributed by atoms with E-state index in [1.165, 1.54) is 18.4 Å². The van der Waals surface area contributed by atoms with E-state index in [1.807, 2.05) is 18.2 Å². The fourth-order valence-corrected chi connectivity index (χ4v) is 3.86. The molecule has 0 N–H and O–H groups in total. The molecule has 0 saturated carbocycles. The monoisotopic (exact) mass is 313 g/mol. The van der Waals surface area contributed by atoms with Crippen LogP contribution >= 0.6 is 0 Å². The van der Waals surface area contributed by atoms with Gasteiger partial charge in [-0.25, -0.2) is 4.98 Å². The van der Waals surface area contributed by atoms with Crippen molar-refractivity contribution in [2.45, 2.75) is 38.3 Å². The van der Waals surface area contributed by atoms with Gasteiger partial charge in [0.05, 0.1) is 42.5 Å². The van der Waals surface area contributed by atoms with Crippen molar-refractivity contribution in [3.05, 3.63) is 40.4 Å². The molecule has 4 rings (SSSR count). The van der Waals surface area contributed by atoms with Gasteiger partial charge in [0.15, 0.2) is 0 Å². The van der Waals surface area contributed by atoms with Crippen LogP contribution in [-0.4, -0.2) is 46.8 Å². The Morgan fingerprint density at radius 1 is 1.22 bits per heavy atom. The summed E-state index contributed by atoms with van der Waals surface area (Å²) in [7, 11) is 0. The summed E-state index contributed by atoms with van der Waals surface area (Å²) in [5.74, 6) is 0. The van der Waals surface area contributed by atoms with Crippen molar-refractivity contribution in [3.63, 3.8) is 0 Å². The highest BCUT2D eigenvalue weighted by Gasteiger charge is 2.36. The number of ether oxygens (including phenoxy) is 1. The molecule has 0 bridgehead atoms. The normalized spacial score (nSPS) is 25.4. The van der Waals surface area contributed by atoms with Gasteiger partial charge in [0, 0.05) is 0 Å². The van der Waals surface area contributed by atoms with Gasteiger partial charge in [-0.15, -0.1) is 0 Å². The Balaban J connectivity index is 1.75. The maximum absolute atomic E-state index is 13.0. The average Bonchev–Trinajstić information content (AvgIpc) is 3.26. The van der Waals surface area contributed by atoms with Crippen LogP contribution in [0.5, 0.6) is 0 Å². The topological polar surface area (TPSA) is 47.4 Å². The van der Waals surface area contributed by atoms with Crippen LogP contribution in [0.1, 0.15) is 31.4 Å². The second-order valence-electron chi connectivity index (χ2n) is 6.58. The molecule has 2 fully saturated rings. The lowest BCUT2D eigenvalue weighted by molar-refractivity contribution is 0.158. The van der Waals surface area contributed by atoms with E-state index >= 15 is 0 Å². The van der Waals surface area contributed by atoms with Crippen LogP contribution in [0.4, 0.5) is 0 Å². The van der Waals surface area contributed by atoms with Crippen LogP contribution in [0.25, 0.3) is 10.9 Å². The quantitative estimate of drug-likeness (QED) is 0.869. The maximum atomic E-state index is 13.0. The summed E-state index contributed by atoms with van der Waals surface area (Å²) in [6, 6.07) is 6.35.